The average Bonchev–Trinajstić information content (AvgIpc) is 3.25. The first-order valence-corrected chi connectivity index (χ1v) is 11.0. The number of para-hydroxylation sites is 1. The summed E-state index contributed by atoms with van der Waals surface area (Å²) >= 11 is 1.43. The van der Waals surface area contributed by atoms with Gasteiger partial charge in [0, 0.05) is 23.6 Å². The van der Waals surface area contributed by atoms with Crippen LogP contribution >= 0.6 is 11.3 Å². The number of benzene rings is 2. The van der Waals surface area contributed by atoms with Crippen molar-refractivity contribution in [2.24, 2.45) is 0 Å². The van der Waals surface area contributed by atoms with Crippen LogP contribution in [-0.4, -0.2) is 10.9 Å². The number of nitrogens with zero attached hydrogens (tertiary/aromatic N) is 1. The van der Waals surface area contributed by atoms with Gasteiger partial charge < -0.3 is 10.1 Å². The number of hydrogen-bond donors (Lipinski definition) is 1. The Kier molecular flexibility index (Phi) is 6.43. The van der Waals surface area contributed by atoms with E-state index in [2.05, 4.69) is 10.3 Å². The summed E-state index contributed by atoms with van der Waals surface area (Å²) in [6.07, 6.45) is 4.43. The minimum absolute atomic E-state index is 0.106. The lowest BCUT2D eigenvalue weighted by Gasteiger charge is -2.11. The van der Waals surface area contributed by atoms with Crippen LogP contribution in [0.4, 0.5) is 5.69 Å². The first kappa shape index (κ1) is 20.8. The second-order valence-electron chi connectivity index (χ2n) is 7.51. The third-order valence-electron chi connectivity index (χ3n) is 5.04. The number of nitrogens with one attached hydrogen (secondary N) is 1. The highest BCUT2D eigenvalue weighted by Gasteiger charge is 2.11. The van der Waals surface area contributed by atoms with Gasteiger partial charge in [0.25, 0.3) is 5.91 Å². The molecular weight excluding hydrogens is 404 g/mol. The summed E-state index contributed by atoms with van der Waals surface area (Å²) in [6, 6.07) is 20.0. The van der Waals surface area contributed by atoms with Crippen LogP contribution in [0.5, 0.6) is 5.75 Å². The van der Waals surface area contributed by atoms with Gasteiger partial charge in [0.15, 0.2) is 0 Å². The number of hydrogen-bond acceptors (Lipinski definition) is 4. The maximum Gasteiger partial charge on any atom is 0.265 e. The minimum Gasteiger partial charge on any atom is -0.488 e. The smallest absolute Gasteiger partial charge is 0.265 e. The van der Waals surface area contributed by atoms with E-state index in [4.69, 9.17) is 4.74 Å². The van der Waals surface area contributed by atoms with Gasteiger partial charge in [0.2, 0.25) is 0 Å². The van der Waals surface area contributed by atoms with E-state index in [0.29, 0.717) is 11.5 Å². The zero-order chi connectivity index (χ0) is 21.6. The summed E-state index contributed by atoms with van der Waals surface area (Å²) < 4.78 is 6.00. The van der Waals surface area contributed by atoms with E-state index in [-0.39, 0.29) is 5.91 Å². The normalized spacial score (nSPS) is 10.6. The predicted octanol–water partition coefficient (Wildman–Crippen LogP) is 6.18. The van der Waals surface area contributed by atoms with Gasteiger partial charge in [-0.25, -0.2) is 0 Å². The number of pyridine rings is 1. The first-order valence-electron chi connectivity index (χ1n) is 10.1. The molecule has 4 nitrogen and oxygen atoms in total. The first-order chi connectivity index (χ1) is 15.1. The Hall–Kier alpha value is -3.44. The van der Waals surface area contributed by atoms with E-state index in [1.807, 2.05) is 79.9 Å². The SMILES string of the molecule is Cc1cccc(C)c1OCc1csc(C(=O)Nc2ccc(Cc3ccncc3)cc2)c1. The fourth-order valence-corrected chi connectivity index (χ4v) is 4.18. The number of aryl methyl sites for hydroxylation is 2. The topological polar surface area (TPSA) is 51.2 Å². The molecule has 5 heteroatoms. The molecule has 0 bridgehead atoms. The standard InChI is InChI=1S/C26H24N2O2S/c1-18-4-3-5-19(2)25(18)30-16-22-15-24(31-17-22)26(29)28-23-8-6-20(7-9-23)14-21-10-12-27-13-11-21/h3-13,15,17H,14,16H2,1-2H3,(H,28,29). The van der Waals surface area contributed by atoms with Crippen molar-refractivity contribution in [1.82, 2.24) is 4.98 Å². The molecule has 0 saturated carbocycles. The highest BCUT2D eigenvalue weighted by atomic mass is 32.1. The molecule has 0 aliphatic rings. The molecule has 2 heterocycles. The van der Waals surface area contributed by atoms with E-state index < -0.39 is 0 Å². The molecule has 0 saturated heterocycles. The molecule has 0 unspecified atom stereocenters. The summed E-state index contributed by atoms with van der Waals surface area (Å²) in [5, 5.41) is 4.95. The highest BCUT2D eigenvalue weighted by Crippen LogP contribution is 2.25. The highest BCUT2D eigenvalue weighted by molar-refractivity contribution is 7.12. The fourth-order valence-electron chi connectivity index (χ4n) is 3.39. The fraction of sp³-hybridized carbons (Fsp3) is 0.154. The molecule has 2 aromatic carbocycles. The largest absolute Gasteiger partial charge is 0.488 e. The Balaban J connectivity index is 1.34. The summed E-state index contributed by atoms with van der Waals surface area (Å²) in [7, 11) is 0. The van der Waals surface area contributed by atoms with Crippen molar-refractivity contribution in [2.75, 3.05) is 5.32 Å². The van der Waals surface area contributed by atoms with Crippen LogP contribution in [0, 0.1) is 13.8 Å². The molecule has 0 radical (unpaired) electrons. The van der Waals surface area contributed by atoms with Crippen LogP contribution < -0.4 is 10.1 Å². The molecule has 4 aromatic rings. The number of aromatic nitrogens is 1. The summed E-state index contributed by atoms with van der Waals surface area (Å²) in [5.74, 6) is 0.803. The molecule has 0 atom stereocenters. The van der Waals surface area contributed by atoms with Crippen LogP contribution in [-0.2, 0) is 13.0 Å². The van der Waals surface area contributed by atoms with Gasteiger partial charge in [0.1, 0.15) is 12.4 Å². The van der Waals surface area contributed by atoms with E-state index in [0.717, 1.165) is 34.5 Å². The van der Waals surface area contributed by atoms with Crippen molar-refractivity contribution in [3.05, 3.63) is 111 Å². The second kappa shape index (κ2) is 9.58. The van der Waals surface area contributed by atoms with Crippen LogP contribution in [0.2, 0.25) is 0 Å². The molecule has 0 fully saturated rings. The third kappa shape index (κ3) is 5.38. The predicted molar refractivity (Wildman–Crippen MR) is 126 cm³/mol. The molecule has 1 N–H and O–H groups in total. The number of carbonyl (C=O) groups excluding carboxylic acids is 1. The van der Waals surface area contributed by atoms with Crippen molar-refractivity contribution in [2.45, 2.75) is 26.9 Å². The third-order valence-corrected chi connectivity index (χ3v) is 6.02. The van der Waals surface area contributed by atoms with Crippen LogP contribution in [0.15, 0.2) is 78.4 Å². The molecule has 0 aliphatic heterocycles. The Morgan fingerprint density at radius 3 is 2.32 bits per heavy atom. The zero-order valence-electron chi connectivity index (χ0n) is 17.6. The van der Waals surface area contributed by atoms with Gasteiger partial charge in [-0.2, -0.15) is 0 Å². The molecule has 156 valence electrons. The van der Waals surface area contributed by atoms with E-state index in [9.17, 15) is 4.79 Å². The van der Waals surface area contributed by atoms with Crippen molar-refractivity contribution >= 4 is 22.9 Å². The monoisotopic (exact) mass is 428 g/mol. The molecule has 2 aromatic heterocycles. The van der Waals surface area contributed by atoms with E-state index >= 15 is 0 Å². The summed E-state index contributed by atoms with van der Waals surface area (Å²) in [6.45, 7) is 4.52. The Morgan fingerprint density at radius 1 is 0.935 bits per heavy atom. The molecule has 31 heavy (non-hydrogen) atoms. The number of amides is 1. The van der Waals surface area contributed by atoms with E-state index in [1.54, 1.807) is 12.4 Å². The van der Waals surface area contributed by atoms with Gasteiger partial charge in [-0.3, -0.25) is 9.78 Å². The van der Waals surface area contributed by atoms with Crippen LogP contribution in [0.25, 0.3) is 0 Å². The van der Waals surface area contributed by atoms with Crippen LogP contribution in [0.1, 0.15) is 37.5 Å². The van der Waals surface area contributed by atoms with Gasteiger partial charge >= 0.3 is 0 Å². The maximum atomic E-state index is 12.6. The lowest BCUT2D eigenvalue weighted by Crippen LogP contribution is -2.10. The van der Waals surface area contributed by atoms with Crippen LogP contribution in [0.3, 0.4) is 0 Å². The number of thiophene rings is 1. The number of rotatable bonds is 7. The lowest BCUT2D eigenvalue weighted by molar-refractivity contribution is 0.103. The number of ether oxygens (including phenoxy) is 1. The van der Waals surface area contributed by atoms with Gasteiger partial charge in [0.05, 0.1) is 4.88 Å². The molecule has 1 amide bonds. The van der Waals surface area contributed by atoms with Crippen molar-refractivity contribution in [3.63, 3.8) is 0 Å². The summed E-state index contributed by atoms with van der Waals surface area (Å²) in [4.78, 5) is 17.3. The van der Waals surface area contributed by atoms with E-state index in [1.165, 1.54) is 22.5 Å². The van der Waals surface area contributed by atoms with Gasteiger partial charge in [-0.05, 0) is 78.2 Å². The molecule has 0 aliphatic carbocycles. The zero-order valence-corrected chi connectivity index (χ0v) is 18.4. The minimum atomic E-state index is -0.106. The van der Waals surface area contributed by atoms with Gasteiger partial charge in [-0.15, -0.1) is 11.3 Å². The Labute approximate surface area is 186 Å². The molecular formula is C26H24N2O2S. The summed E-state index contributed by atoms with van der Waals surface area (Å²) in [5.41, 5.74) is 6.39. The number of anilines is 1. The quantitative estimate of drug-likeness (QED) is 0.382. The Bertz CT molecular complexity index is 1150. The molecule has 0 spiro atoms. The van der Waals surface area contributed by atoms with Crippen molar-refractivity contribution in [1.29, 1.82) is 0 Å². The van der Waals surface area contributed by atoms with Crippen molar-refractivity contribution < 1.29 is 9.53 Å². The molecule has 4 rings (SSSR count). The average molecular weight is 429 g/mol. The van der Waals surface area contributed by atoms with Gasteiger partial charge in [-0.1, -0.05) is 30.3 Å². The second-order valence-corrected chi connectivity index (χ2v) is 8.42. The maximum absolute atomic E-state index is 12.6. The lowest BCUT2D eigenvalue weighted by atomic mass is 10.1. The number of carbonyl (C=O) groups is 1. The Morgan fingerprint density at radius 2 is 1.61 bits per heavy atom. The van der Waals surface area contributed by atoms with Crippen molar-refractivity contribution in [3.8, 4) is 5.75 Å².